The van der Waals surface area contributed by atoms with E-state index >= 15 is 0 Å². The first-order chi connectivity index (χ1) is 7.33. The maximum absolute atomic E-state index is 5.36. The molecular weight excluding hydrogens is 190 g/mol. The van der Waals surface area contributed by atoms with Crippen LogP contribution < -0.4 is 5.32 Å². The predicted molar refractivity (Wildman–Crippen MR) is 58.3 cm³/mol. The highest BCUT2D eigenvalue weighted by molar-refractivity contribution is 5.18. The van der Waals surface area contributed by atoms with Gasteiger partial charge in [-0.3, -0.25) is 0 Å². The average molecular weight is 207 g/mol. The summed E-state index contributed by atoms with van der Waals surface area (Å²) in [6.07, 6.45) is 7.83. The SMILES string of the molecule is CNC(C1=COCCC1)c1nccn1C. The van der Waals surface area contributed by atoms with Crippen LogP contribution in [0.1, 0.15) is 24.7 Å². The average Bonchev–Trinajstić information content (AvgIpc) is 2.68. The molecule has 0 amide bonds. The van der Waals surface area contributed by atoms with E-state index in [1.54, 1.807) is 0 Å². The van der Waals surface area contributed by atoms with E-state index in [0.717, 1.165) is 25.3 Å². The predicted octanol–water partition coefficient (Wildman–Crippen LogP) is 1.37. The van der Waals surface area contributed by atoms with E-state index in [0.29, 0.717) is 0 Å². The molecule has 1 N–H and O–H groups in total. The quantitative estimate of drug-likeness (QED) is 0.813. The Kier molecular flexibility index (Phi) is 3.06. The minimum atomic E-state index is 0.172. The van der Waals surface area contributed by atoms with Crippen LogP contribution in [0.4, 0.5) is 0 Å². The zero-order chi connectivity index (χ0) is 10.7. The van der Waals surface area contributed by atoms with E-state index in [2.05, 4.69) is 10.3 Å². The molecule has 0 saturated carbocycles. The van der Waals surface area contributed by atoms with Gasteiger partial charge in [-0.15, -0.1) is 0 Å². The summed E-state index contributed by atoms with van der Waals surface area (Å²) < 4.78 is 7.40. The van der Waals surface area contributed by atoms with E-state index in [-0.39, 0.29) is 6.04 Å². The van der Waals surface area contributed by atoms with Crippen molar-refractivity contribution in [2.45, 2.75) is 18.9 Å². The van der Waals surface area contributed by atoms with E-state index in [1.807, 2.05) is 37.3 Å². The number of imidazole rings is 1. The van der Waals surface area contributed by atoms with Crippen molar-refractivity contribution in [3.8, 4) is 0 Å². The Morgan fingerprint density at radius 1 is 1.60 bits per heavy atom. The topological polar surface area (TPSA) is 39.1 Å². The lowest BCUT2D eigenvalue weighted by Gasteiger charge is -2.22. The summed E-state index contributed by atoms with van der Waals surface area (Å²) in [5, 5.41) is 3.28. The fourth-order valence-corrected chi connectivity index (χ4v) is 1.93. The molecule has 0 spiro atoms. The number of hydrogen-bond donors (Lipinski definition) is 1. The van der Waals surface area contributed by atoms with Gasteiger partial charge in [0.05, 0.1) is 18.9 Å². The molecule has 82 valence electrons. The third kappa shape index (κ3) is 2.04. The zero-order valence-electron chi connectivity index (χ0n) is 9.23. The first-order valence-corrected chi connectivity index (χ1v) is 5.28. The van der Waals surface area contributed by atoms with Gasteiger partial charge in [-0.2, -0.15) is 0 Å². The molecule has 1 unspecified atom stereocenters. The van der Waals surface area contributed by atoms with Gasteiger partial charge in [-0.25, -0.2) is 4.98 Å². The van der Waals surface area contributed by atoms with Crippen molar-refractivity contribution < 1.29 is 4.74 Å². The second-order valence-electron chi connectivity index (χ2n) is 3.79. The molecule has 1 aromatic rings. The number of aromatic nitrogens is 2. The van der Waals surface area contributed by atoms with E-state index in [9.17, 15) is 0 Å². The lowest BCUT2D eigenvalue weighted by Crippen LogP contribution is -2.23. The molecule has 4 nitrogen and oxygen atoms in total. The van der Waals surface area contributed by atoms with Crippen LogP contribution in [0, 0.1) is 0 Å². The van der Waals surface area contributed by atoms with Crippen molar-refractivity contribution in [3.63, 3.8) is 0 Å². The van der Waals surface area contributed by atoms with Gasteiger partial charge in [0.25, 0.3) is 0 Å². The zero-order valence-corrected chi connectivity index (χ0v) is 9.23. The molecule has 1 aliphatic heterocycles. The maximum Gasteiger partial charge on any atom is 0.129 e. The molecule has 2 rings (SSSR count). The highest BCUT2D eigenvalue weighted by atomic mass is 16.5. The van der Waals surface area contributed by atoms with E-state index in [4.69, 9.17) is 4.74 Å². The van der Waals surface area contributed by atoms with Crippen molar-refractivity contribution in [1.82, 2.24) is 14.9 Å². The second-order valence-corrected chi connectivity index (χ2v) is 3.79. The molecule has 0 radical (unpaired) electrons. The number of ether oxygens (including phenoxy) is 1. The minimum Gasteiger partial charge on any atom is -0.501 e. The first kappa shape index (κ1) is 10.2. The van der Waals surface area contributed by atoms with Gasteiger partial charge >= 0.3 is 0 Å². The highest BCUT2D eigenvalue weighted by Crippen LogP contribution is 2.25. The Hall–Kier alpha value is -1.29. The van der Waals surface area contributed by atoms with Crippen LogP contribution in [0.5, 0.6) is 0 Å². The Bertz CT molecular complexity index is 356. The third-order valence-electron chi connectivity index (χ3n) is 2.74. The molecule has 0 aromatic carbocycles. The summed E-state index contributed by atoms with van der Waals surface area (Å²) in [6, 6.07) is 0.172. The molecule has 0 aliphatic carbocycles. The standard InChI is InChI=1S/C11H17N3O/c1-12-10(9-4-3-7-15-8-9)11-13-5-6-14(11)2/h5-6,8,10,12H,3-4,7H2,1-2H3. The van der Waals surface area contributed by atoms with E-state index in [1.165, 1.54) is 5.57 Å². The van der Waals surface area contributed by atoms with Gasteiger partial charge in [-0.05, 0) is 25.5 Å². The number of nitrogens with zero attached hydrogens (tertiary/aromatic N) is 2. The van der Waals surface area contributed by atoms with Gasteiger partial charge in [0, 0.05) is 19.4 Å². The molecule has 4 heteroatoms. The van der Waals surface area contributed by atoms with Crippen LogP contribution in [-0.2, 0) is 11.8 Å². The minimum absolute atomic E-state index is 0.172. The molecule has 0 saturated heterocycles. The number of aryl methyl sites for hydroxylation is 1. The smallest absolute Gasteiger partial charge is 0.129 e. The van der Waals surface area contributed by atoms with Crippen LogP contribution in [0.15, 0.2) is 24.2 Å². The van der Waals surface area contributed by atoms with E-state index < -0.39 is 0 Å². The summed E-state index contributed by atoms with van der Waals surface area (Å²) >= 11 is 0. The van der Waals surface area contributed by atoms with Crippen LogP contribution in [-0.4, -0.2) is 23.2 Å². The van der Waals surface area contributed by atoms with Gasteiger partial charge < -0.3 is 14.6 Å². The number of nitrogens with one attached hydrogen (secondary N) is 1. The van der Waals surface area contributed by atoms with Gasteiger partial charge in [0.1, 0.15) is 5.82 Å². The Morgan fingerprint density at radius 3 is 3.00 bits per heavy atom. The van der Waals surface area contributed by atoms with Crippen molar-refractivity contribution in [2.75, 3.05) is 13.7 Å². The fourth-order valence-electron chi connectivity index (χ4n) is 1.93. The second kappa shape index (κ2) is 4.49. The molecule has 1 aliphatic rings. The van der Waals surface area contributed by atoms with Crippen molar-refractivity contribution in [2.24, 2.45) is 7.05 Å². The fraction of sp³-hybridized carbons (Fsp3) is 0.545. The number of rotatable bonds is 3. The summed E-state index contributed by atoms with van der Waals surface area (Å²) in [5.41, 5.74) is 1.28. The summed E-state index contributed by atoms with van der Waals surface area (Å²) in [6.45, 7) is 0.834. The van der Waals surface area contributed by atoms with Crippen LogP contribution >= 0.6 is 0 Å². The molecule has 1 atom stereocenters. The molecular formula is C11H17N3O. The molecule has 0 bridgehead atoms. The monoisotopic (exact) mass is 207 g/mol. The number of hydrogen-bond acceptors (Lipinski definition) is 3. The largest absolute Gasteiger partial charge is 0.501 e. The van der Waals surface area contributed by atoms with Crippen LogP contribution in [0.25, 0.3) is 0 Å². The lowest BCUT2D eigenvalue weighted by atomic mass is 10.0. The maximum atomic E-state index is 5.36. The molecule has 1 aromatic heterocycles. The molecule has 15 heavy (non-hydrogen) atoms. The molecule has 2 heterocycles. The third-order valence-corrected chi connectivity index (χ3v) is 2.74. The van der Waals surface area contributed by atoms with Crippen LogP contribution in [0.3, 0.4) is 0 Å². The lowest BCUT2D eigenvalue weighted by molar-refractivity contribution is 0.219. The Labute approximate surface area is 90.0 Å². The number of likely N-dealkylation sites (N-methyl/N-ethyl adjacent to an activating group) is 1. The Balaban J connectivity index is 2.24. The van der Waals surface area contributed by atoms with Gasteiger partial charge in [-0.1, -0.05) is 0 Å². The van der Waals surface area contributed by atoms with Gasteiger partial charge in [0.2, 0.25) is 0 Å². The van der Waals surface area contributed by atoms with Crippen molar-refractivity contribution in [1.29, 1.82) is 0 Å². The summed E-state index contributed by atoms with van der Waals surface area (Å²) in [5.74, 6) is 1.04. The normalized spacial score (nSPS) is 18.1. The van der Waals surface area contributed by atoms with Crippen LogP contribution in [0.2, 0.25) is 0 Å². The Morgan fingerprint density at radius 2 is 2.47 bits per heavy atom. The van der Waals surface area contributed by atoms with Gasteiger partial charge in [0.15, 0.2) is 0 Å². The summed E-state index contributed by atoms with van der Waals surface area (Å²) in [7, 11) is 3.96. The van der Waals surface area contributed by atoms with Crippen molar-refractivity contribution in [3.05, 3.63) is 30.1 Å². The van der Waals surface area contributed by atoms with Crippen molar-refractivity contribution >= 4 is 0 Å². The first-order valence-electron chi connectivity index (χ1n) is 5.28. The highest BCUT2D eigenvalue weighted by Gasteiger charge is 2.20. The summed E-state index contributed by atoms with van der Waals surface area (Å²) in [4.78, 5) is 4.37. The molecule has 0 fully saturated rings.